The minimum Gasteiger partial charge on any atom is -0.493 e. The Bertz CT molecular complexity index is 1100. The average Bonchev–Trinajstić information content (AvgIpc) is 2.77. The Morgan fingerprint density at radius 3 is 2.24 bits per heavy atom. The summed E-state index contributed by atoms with van der Waals surface area (Å²) in [6, 6.07) is 20.2. The summed E-state index contributed by atoms with van der Waals surface area (Å²) in [5.41, 5.74) is 0.878. The molecule has 0 fully saturated rings. The van der Waals surface area contributed by atoms with Crippen LogP contribution in [0.4, 0.5) is 0 Å². The number of nitriles is 1. The number of carbonyl (C=O) groups is 2. The van der Waals surface area contributed by atoms with Crippen LogP contribution in [0.15, 0.2) is 66.7 Å². The van der Waals surface area contributed by atoms with Gasteiger partial charge in [-0.3, -0.25) is 4.79 Å². The zero-order valence-electron chi connectivity index (χ0n) is 15.6. The monoisotopic (exact) mass is 387 g/mol. The highest BCUT2D eigenvalue weighted by Gasteiger charge is 2.24. The lowest BCUT2D eigenvalue weighted by molar-refractivity contribution is 0.0692. The molecule has 0 bridgehead atoms. The summed E-state index contributed by atoms with van der Waals surface area (Å²) < 4.78 is 11.1. The fraction of sp³-hybridized carbons (Fsp3) is 0.0870. The highest BCUT2D eigenvalue weighted by Crippen LogP contribution is 2.33. The molecular weight excluding hydrogens is 370 g/mol. The maximum absolute atomic E-state index is 13.1. The largest absolute Gasteiger partial charge is 0.493 e. The number of rotatable bonds is 7. The molecule has 0 radical (unpaired) electrons. The van der Waals surface area contributed by atoms with Crippen LogP contribution < -0.4 is 9.47 Å². The fourth-order valence-electron chi connectivity index (χ4n) is 2.86. The first-order valence-electron chi connectivity index (χ1n) is 8.71. The number of benzene rings is 3. The highest BCUT2D eigenvalue weighted by molar-refractivity contribution is 6.15. The molecule has 0 aliphatic heterocycles. The average molecular weight is 387 g/mol. The molecule has 1 N–H and O–H groups in total. The standard InChI is InChI=1S/C23H17NO5/c1-28-20-12-19(23(26)27)18(22(25)17-10-6-5-9-16(17)13-24)11-21(20)29-14-15-7-3-2-4-8-15/h2-12H,14H2,1H3,(H,26,27). The van der Waals surface area contributed by atoms with E-state index in [2.05, 4.69) is 0 Å². The first kappa shape index (κ1) is 19.6. The Labute approximate surface area is 167 Å². The van der Waals surface area contributed by atoms with Gasteiger partial charge in [-0.1, -0.05) is 42.5 Å². The van der Waals surface area contributed by atoms with Crippen molar-refractivity contribution in [3.8, 4) is 17.6 Å². The van der Waals surface area contributed by atoms with Gasteiger partial charge in [-0.15, -0.1) is 0 Å². The molecule has 0 aliphatic carbocycles. The molecule has 3 aromatic carbocycles. The van der Waals surface area contributed by atoms with Crippen molar-refractivity contribution in [3.63, 3.8) is 0 Å². The van der Waals surface area contributed by atoms with Crippen LogP contribution in [0.5, 0.6) is 11.5 Å². The molecule has 0 aromatic heterocycles. The third-order valence-corrected chi connectivity index (χ3v) is 4.31. The molecule has 0 aliphatic rings. The molecule has 144 valence electrons. The van der Waals surface area contributed by atoms with E-state index in [0.717, 1.165) is 5.56 Å². The van der Waals surface area contributed by atoms with Crippen molar-refractivity contribution in [2.24, 2.45) is 0 Å². The molecule has 6 nitrogen and oxygen atoms in total. The normalized spacial score (nSPS) is 10.1. The number of carboxylic acid groups (broad SMARTS) is 1. The van der Waals surface area contributed by atoms with E-state index in [9.17, 15) is 20.0 Å². The minimum atomic E-state index is -1.28. The Morgan fingerprint density at radius 2 is 1.59 bits per heavy atom. The second kappa shape index (κ2) is 8.72. The van der Waals surface area contributed by atoms with Crippen LogP contribution in [0.1, 0.15) is 37.4 Å². The van der Waals surface area contributed by atoms with E-state index in [1.165, 1.54) is 31.4 Å². The lowest BCUT2D eigenvalue weighted by atomic mass is 9.95. The minimum absolute atomic E-state index is 0.0796. The van der Waals surface area contributed by atoms with E-state index in [1.54, 1.807) is 12.1 Å². The predicted molar refractivity (Wildman–Crippen MR) is 105 cm³/mol. The predicted octanol–water partition coefficient (Wildman–Crippen LogP) is 4.08. The zero-order valence-corrected chi connectivity index (χ0v) is 15.6. The van der Waals surface area contributed by atoms with Gasteiger partial charge in [0, 0.05) is 11.1 Å². The molecule has 3 aromatic rings. The van der Waals surface area contributed by atoms with Gasteiger partial charge in [-0.05, 0) is 29.8 Å². The van der Waals surface area contributed by atoms with Crippen molar-refractivity contribution in [2.45, 2.75) is 6.61 Å². The number of ether oxygens (including phenoxy) is 2. The number of carboxylic acids is 1. The van der Waals surface area contributed by atoms with E-state index >= 15 is 0 Å². The van der Waals surface area contributed by atoms with Crippen LogP contribution in [-0.2, 0) is 6.61 Å². The van der Waals surface area contributed by atoms with Crippen LogP contribution in [-0.4, -0.2) is 24.0 Å². The van der Waals surface area contributed by atoms with Crippen LogP contribution >= 0.6 is 0 Å². The van der Waals surface area contributed by atoms with Crippen molar-refractivity contribution in [3.05, 3.63) is 94.5 Å². The van der Waals surface area contributed by atoms with Crippen molar-refractivity contribution in [1.82, 2.24) is 0 Å². The summed E-state index contributed by atoms with van der Waals surface area (Å²) in [7, 11) is 1.39. The molecule has 0 saturated carbocycles. The number of ketones is 1. The lowest BCUT2D eigenvalue weighted by Gasteiger charge is -2.15. The number of hydrogen-bond acceptors (Lipinski definition) is 5. The second-order valence-corrected chi connectivity index (χ2v) is 6.11. The van der Waals surface area contributed by atoms with Crippen molar-refractivity contribution in [1.29, 1.82) is 5.26 Å². The van der Waals surface area contributed by atoms with E-state index in [0.29, 0.717) is 0 Å². The Balaban J connectivity index is 2.06. The van der Waals surface area contributed by atoms with Crippen molar-refractivity contribution >= 4 is 11.8 Å². The third kappa shape index (κ3) is 4.25. The molecule has 0 saturated heterocycles. The van der Waals surface area contributed by atoms with Gasteiger partial charge in [-0.2, -0.15) is 5.26 Å². The summed E-state index contributed by atoms with van der Waals surface area (Å²) in [6.07, 6.45) is 0. The molecule has 0 unspecified atom stereocenters. The highest BCUT2D eigenvalue weighted by atomic mass is 16.5. The van der Waals surface area contributed by atoms with Crippen molar-refractivity contribution in [2.75, 3.05) is 7.11 Å². The first-order chi connectivity index (χ1) is 14.0. The van der Waals surface area contributed by atoms with Gasteiger partial charge in [0.1, 0.15) is 6.61 Å². The number of methoxy groups -OCH3 is 1. The third-order valence-electron chi connectivity index (χ3n) is 4.31. The lowest BCUT2D eigenvalue weighted by Crippen LogP contribution is -2.12. The maximum Gasteiger partial charge on any atom is 0.336 e. The van der Waals surface area contributed by atoms with Gasteiger partial charge in [0.2, 0.25) is 0 Å². The Hall–Kier alpha value is -4.11. The molecule has 0 amide bonds. The molecule has 3 rings (SSSR count). The molecule has 6 heteroatoms. The van der Waals surface area contributed by atoms with Crippen LogP contribution in [0.3, 0.4) is 0 Å². The van der Waals surface area contributed by atoms with Crippen molar-refractivity contribution < 1.29 is 24.2 Å². The second-order valence-electron chi connectivity index (χ2n) is 6.11. The van der Waals surface area contributed by atoms with Gasteiger partial charge in [0.05, 0.1) is 24.3 Å². The van der Waals surface area contributed by atoms with Gasteiger partial charge < -0.3 is 14.6 Å². The first-order valence-corrected chi connectivity index (χ1v) is 8.71. The van der Waals surface area contributed by atoms with Gasteiger partial charge in [0.15, 0.2) is 17.3 Å². The fourth-order valence-corrected chi connectivity index (χ4v) is 2.86. The van der Waals surface area contributed by atoms with Crippen LogP contribution in [0.2, 0.25) is 0 Å². The molecule has 0 spiro atoms. The summed E-state index contributed by atoms with van der Waals surface area (Å²) in [6.45, 7) is 0.214. The van der Waals surface area contributed by atoms with E-state index in [-0.39, 0.29) is 40.4 Å². The van der Waals surface area contributed by atoms with E-state index < -0.39 is 11.8 Å². The molecular formula is C23H17NO5. The number of carbonyl (C=O) groups excluding carboxylic acids is 1. The zero-order chi connectivity index (χ0) is 20.8. The van der Waals surface area contributed by atoms with Crippen LogP contribution in [0.25, 0.3) is 0 Å². The number of hydrogen-bond donors (Lipinski definition) is 1. The van der Waals surface area contributed by atoms with Gasteiger partial charge in [0.25, 0.3) is 0 Å². The van der Waals surface area contributed by atoms with Gasteiger partial charge >= 0.3 is 5.97 Å². The Kier molecular flexibility index (Phi) is 5.91. The number of aromatic carboxylic acids is 1. The van der Waals surface area contributed by atoms with Gasteiger partial charge in [-0.25, -0.2) is 4.79 Å². The summed E-state index contributed by atoms with van der Waals surface area (Å²) in [5, 5.41) is 18.9. The van der Waals surface area contributed by atoms with E-state index in [1.807, 2.05) is 36.4 Å². The molecule has 0 atom stereocenters. The van der Waals surface area contributed by atoms with E-state index in [4.69, 9.17) is 9.47 Å². The SMILES string of the molecule is COc1cc(C(=O)O)c(C(=O)c2ccccc2C#N)cc1OCc1ccccc1. The maximum atomic E-state index is 13.1. The van der Waals surface area contributed by atoms with Crippen LogP contribution in [0, 0.1) is 11.3 Å². The quantitative estimate of drug-likeness (QED) is 0.614. The molecule has 0 heterocycles. The summed E-state index contributed by atoms with van der Waals surface area (Å²) in [5.74, 6) is -1.43. The summed E-state index contributed by atoms with van der Waals surface area (Å²) in [4.78, 5) is 24.8. The summed E-state index contributed by atoms with van der Waals surface area (Å²) >= 11 is 0. The smallest absolute Gasteiger partial charge is 0.336 e. The molecule has 29 heavy (non-hydrogen) atoms. The Morgan fingerprint density at radius 1 is 0.931 bits per heavy atom. The topological polar surface area (TPSA) is 96.6 Å². The number of nitrogens with zero attached hydrogens (tertiary/aromatic N) is 1.